The lowest BCUT2D eigenvalue weighted by Crippen LogP contribution is -2.63. The molecule has 0 radical (unpaired) electrons. The standard InChI is InChI=1S/C30H50O2/c1-19(2)23(31)11-9-20(3)21-13-17-29(7)22(21)10-12-25-28(6)16-15-26(32)27(4,5)24(28)14-18-30(25,29)8/h21-26,31-32H,1,3,9-18H2,2,4-8H3. The normalized spacial score (nSPS) is 48.3. The molecule has 9 unspecified atom stereocenters. The minimum absolute atomic E-state index is 0.0305. The number of aliphatic hydroxyl groups is 2. The molecule has 32 heavy (non-hydrogen) atoms. The molecule has 4 fully saturated rings. The lowest BCUT2D eigenvalue weighted by molar-refractivity contribution is -0.220. The summed E-state index contributed by atoms with van der Waals surface area (Å²) in [6.45, 7) is 23.0. The average Bonchev–Trinajstić information content (AvgIpc) is 3.07. The Kier molecular flexibility index (Phi) is 6.11. The summed E-state index contributed by atoms with van der Waals surface area (Å²) < 4.78 is 0. The molecule has 0 heterocycles. The van der Waals surface area contributed by atoms with Gasteiger partial charge in [-0.1, -0.05) is 58.9 Å². The van der Waals surface area contributed by atoms with E-state index in [2.05, 4.69) is 47.8 Å². The van der Waals surface area contributed by atoms with E-state index in [-0.39, 0.29) is 11.5 Å². The van der Waals surface area contributed by atoms with Gasteiger partial charge in [0, 0.05) is 0 Å². The van der Waals surface area contributed by atoms with Crippen molar-refractivity contribution in [3.8, 4) is 0 Å². The van der Waals surface area contributed by atoms with Crippen molar-refractivity contribution in [1.82, 2.24) is 0 Å². The van der Waals surface area contributed by atoms with E-state index in [1.54, 1.807) is 0 Å². The summed E-state index contributed by atoms with van der Waals surface area (Å²) in [6.07, 6.45) is 11.2. The fraction of sp³-hybridized carbons (Fsp3) is 0.867. The molecule has 0 aromatic rings. The van der Waals surface area contributed by atoms with Gasteiger partial charge in [0.15, 0.2) is 0 Å². The zero-order valence-electron chi connectivity index (χ0n) is 21.8. The summed E-state index contributed by atoms with van der Waals surface area (Å²) in [5, 5.41) is 21.1. The predicted octanol–water partition coefficient (Wildman–Crippen LogP) is 7.31. The quantitative estimate of drug-likeness (QED) is 0.438. The van der Waals surface area contributed by atoms with Gasteiger partial charge < -0.3 is 10.2 Å². The molecule has 0 aromatic heterocycles. The van der Waals surface area contributed by atoms with Crippen molar-refractivity contribution in [2.45, 2.75) is 118 Å². The van der Waals surface area contributed by atoms with Crippen LogP contribution in [0.1, 0.15) is 106 Å². The maximum atomic E-state index is 10.8. The van der Waals surface area contributed by atoms with Crippen LogP contribution in [0.4, 0.5) is 0 Å². The van der Waals surface area contributed by atoms with E-state index in [0.29, 0.717) is 28.1 Å². The fourth-order valence-electron chi connectivity index (χ4n) is 9.98. The minimum Gasteiger partial charge on any atom is -0.393 e. The van der Waals surface area contributed by atoms with Gasteiger partial charge in [-0.15, -0.1) is 0 Å². The predicted molar refractivity (Wildman–Crippen MR) is 134 cm³/mol. The fourth-order valence-corrected chi connectivity index (χ4v) is 9.98. The molecule has 0 amide bonds. The van der Waals surface area contributed by atoms with E-state index in [1.807, 2.05) is 6.92 Å². The zero-order valence-corrected chi connectivity index (χ0v) is 21.8. The molecule has 4 aliphatic carbocycles. The molecule has 0 aliphatic heterocycles. The van der Waals surface area contributed by atoms with Crippen LogP contribution in [-0.4, -0.2) is 22.4 Å². The number of hydrogen-bond acceptors (Lipinski definition) is 2. The van der Waals surface area contributed by atoms with Gasteiger partial charge in [0.25, 0.3) is 0 Å². The van der Waals surface area contributed by atoms with Crippen LogP contribution < -0.4 is 0 Å². The summed E-state index contributed by atoms with van der Waals surface area (Å²) in [7, 11) is 0. The maximum Gasteiger partial charge on any atom is 0.0747 e. The largest absolute Gasteiger partial charge is 0.393 e. The van der Waals surface area contributed by atoms with E-state index in [9.17, 15) is 10.2 Å². The van der Waals surface area contributed by atoms with Crippen molar-refractivity contribution in [1.29, 1.82) is 0 Å². The molecule has 9 atom stereocenters. The molecule has 2 heteroatoms. The highest BCUT2D eigenvalue weighted by atomic mass is 16.3. The average molecular weight is 443 g/mol. The van der Waals surface area contributed by atoms with Gasteiger partial charge in [-0.2, -0.15) is 0 Å². The molecule has 0 bridgehead atoms. The third-order valence-corrected chi connectivity index (χ3v) is 12.2. The van der Waals surface area contributed by atoms with Crippen LogP contribution in [0, 0.1) is 45.3 Å². The minimum atomic E-state index is -0.395. The summed E-state index contributed by atoms with van der Waals surface area (Å²) >= 11 is 0. The van der Waals surface area contributed by atoms with Crippen LogP contribution in [0.15, 0.2) is 24.3 Å². The third-order valence-electron chi connectivity index (χ3n) is 12.2. The van der Waals surface area contributed by atoms with E-state index < -0.39 is 6.10 Å². The molecular weight excluding hydrogens is 392 g/mol. The van der Waals surface area contributed by atoms with Gasteiger partial charge in [-0.05, 0) is 116 Å². The first-order valence-corrected chi connectivity index (χ1v) is 13.5. The van der Waals surface area contributed by atoms with E-state index in [4.69, 9.17) is 0 Å². The Bertz CT molecular complexity index is 767. The van der Waals surface area contributed by atoms with Gasteiger partial charge >= 0.3 is 0 Å². The monoisotopic (exact) mass is 442 g/mol. The molecule has 4 aliphatic rings. The number of aliphatic hydroxyl groups excluding tert-OH is 2. The molecule has 0 aromatic carbocycles. The van der Waals surface area contributed by atoms with E-state index in [1.165, 1.54) is 50.5 Å². The Balaban J connectivity index is 1.57. The Morgan fingerprint density at radius 2 is 1.53 bits per heavy atom. The zero-order chi connectivity index (χ0) is 23.7. The van der Waals surface area contributed by atoms with Crippen molar-refractivity contribution in [2.24, 2.45) is 45.3 Å². The summed E-state index contributed by atoms with van der Waals surface area (Å²) in [5.41, 5.74) is 3.39. The second-order valence-electron chi connectivity index (χ2n) is 13.7. The lowest BCUT2D eigenvalue weighted by Gasteiger charge is -2.69. The van der Waals surface area contributed by atoms with Gasteiger partial charge in [0.2, 0.25) is 0 Å². The molecule has 4 rings (SSSR count). The van der Waals surface area contributed by atoms with E-state index in [0.717, 1.165) is 36.7 Å². The summed E-state index contributed by atoms with van der Waals surface area (Å²) in [5.74, 6) is 2.75. The Labute approximate surface area is 198 Å². The second-order valence-corrected chi connectivity index (χ2v) is 13.7. The molecule has 0 spiro atoms. The van der Waals surface area contributed by atoms with Crippen LogP contribution in [0.25, 0.3) is 0 Å². The Morgan fingerprint density at radius 1 is 0.875 bits per heavy atom. The smallest absolute Gasteiger partial charge is 0.0747 e. The highest BCUT2D eigenvalue weighted by molar-refractivity contribution is 5.20. The first-order valence-electron chi connectivity index (χ1n) is 13.5. The molecule has 2 nitrogen and oxygen atoms in total. The van der Waals surface area contributed by atoms with Crippen LogP contribution in [0.2, 0.25) is 0 Å². The van der Waals surface area contributed by atoms with Crippen molar-refractivity contribution >= 4 is 0 Å². The summed E-state index contributed by atoms with van der Waals surface area (Å²) in [6, 6.07) is 0. The number of rotatable bonds is 5. The van der Waals surface area contributed by atoms with E-state index >= 15 is 0 Å². The van der Waals surface area contributed by atoms with Crippen LogP contribution in [-0.2, 0) is 0 Å². The van der Waals surface area contributed by atoms with Gasteiger partial charge in [0.1, 0.15) is 0 Å². The number of fused-ring (bicyclic) bond motifs is 5. The number of hydrogen-bond donors (Lipinski definition) is 2. The topological polar surface area (TPSA) is 40.5 Å². The van der Waals surface area contributed by atoms with Crippen molar-refractivity contribution in [3.05, 3.63) is 24.3 Å². The first kappa shape index (κ1) is 24.5. The highest BCUT2D eigenvalue weighted by Gasteiger charge is 2.68. The van der Waals surface area contributed by atoms with Crippen LogP contribution >= 0.6 is 0 Å². The summed E-state index contributed by atoms with van der Waals surface area (Å²) in [4.78, 5) is 0. The van der Waals surface area contributed by atoms with Crippen molar-refractivity contribution in [3.63, 3.8) is 0 Å². The molecule has 0 saturated heterocycles. The van der Waals surface area contributed by atoms with Gasteiger partial charge in [0.05, 0.1) is 12.2 Å². The van der Waals surface area contributed by atoms with Crippen molar-refractivity contribution < 1.29 is 10.2 Å². The lowest BCUT2D eigenvalue weighted by atomic mass is 9.35. The molecule has 182 valence electrons. The first-order chi connectivity index (χ1) is 14.8. The van der Waals surface area contributed by atoms with Gasteiger partial charge in [-0.25, -0.2) is 0 Å². The maximum absolute atomic E-state index is 10.8. The van der Waals surface area contributed by atoms with Crippen molar-refractivity contribution in [2.75, 3.05) is 0 Å². The molecule has 2 N–H and O–H groups in total. The van der Waals surface area contributed by atoms with Gasteiger partial charge in [-0.3, -0.25) is 0 Å². The highest BCUT2D eigenvalue weighted by Crippen LogP contribution is 2.75. The Hall–Kier alpha value is -0.600. The molecular formula is C30H50O2. The third kappa shape index (κ3) is 3.33. The Morgan fingerprint density at radius 3 is 2.19 bits per heavy atom. The number of allylic oxidation sites excluding steroid dienone is 1. The second kappa shape index (κ2) is 7.98. The van der Waals surface area contributed by atoms with Crippen LogP contribution in [0.3, 0.4) is 0 Å². The molecule has 4 saturated carbocycles. The van der Waals surface area contributed by atoms with Crippen LogP contribution in [0.5, 0.6) is 0 Å². The SMILES string of the molecule is C=C(C)C(O)CCC(=C)C1CCC2(C)C1CCC1C3(C)CCC(O)C(C)(C)C3CCC12C.